The lowest BCUT2D eigenvalue weighted by Gasteiger charge is -2.36. The Labute approximate surface area is 275 Å². The van der Waals surface area contributed by atoms with Gasteiger partial charge in [-0.1, -0.05) is 19.9 Å². The Morgan fingerprint density at radius 1 is 1.11 bits per heavy atom. The summed E-state index contributed by atoms with van der Waals surface area (Å²) in [5.41, 5.74) is 2.60. The number of aromatic nitrogens is 5. The van der Waals surface area contributed by atoms with Crippen LogP contribution in [0, 0.1) is 12.8 Å². The number of fused-ring (bicyclic) bond motifs is 2. The number of hydrogen-bond donors (Lipinski definition) is 2. The first kappa shape index (κ1) is 34.0. The maximum Gasteiger partial charge on any atom is 0.416 e. The van der Waals surface area contributed by atoms with Gasteiger partial charge in [-0.15, -0.1) is 0 Å². The third-order valence-electron chi connectivity index (χ3n) is 8.09. The van der Waals surface area contributed by atoms with Crippen molar-refractivity contribution in [3.05, 3.63) is 53.6 Å². The van der Waals surface area contributed by atoms with Crippen LogP contribution in [0.2, 0.25) is 0 Å². The van der Waals surface area contributed by atoms with E-state index in [2.05, 4.69) is 24.3 Å². The Bertz CT molecular complexity index is 1750. The Morgan fingerprint density at radius 3 is 2.47 bits per heavy atom. The maximum absolute atomic E-state index is 13.9. The van der Waals surface area contributed by atoms with E-state index in [-0.39, 0.29) is 24.9 Å². The molecule has 0 aliphatic carbocycles. The van der Waals surface area contributed by atoms with Gasteiger partial charge in [-0.25, -0.2) is 19.6 Å². The summed E-state index contributed by atoms with van der Waals surface area (Å²) in [4.78, 5) is 39.3. The van der Waals surface area contributed by atoms with E-state index in [1.165, 1.54) is 0 Å². The van der Waals surface area contributed by atoms with E-state index in [9.17, 15) is 14.7 Å². The first-order chi connectivity index (χ1) is 22.0. The van der Waals surface area contributed by atoms with Crippen molar-refractivity contribution in [1.82, 2.24) is 28.9 Å². The highest BCUT2D eigenvalue weighted by Gasteiger charge is 2.33. The lowest BCUT2D eigenvalue weighted by molar-refractivity contribution is -0.0104. The Morgan fingerprint density at radius 2 is 1.83 bits per heavy atom. The highest BCUT2D eigenvalue weighted by molar-refractivity contribution is 5.88. The molecule has 47 heavy (non-hydrogen) atoms. The van der Waals surface area contributed by atoms with Crippen LogP contribution in [-0.2, 0) is 16.0 Å². The molecule has 0 aromatic carbocycles. The number of likely N-dealkylation sites (tertiary alicyclic amines) is 1. The van der Waals surface area contributed by atoms with Crippen LogP contribution < -0.4 is 10.2 Å². The van der Waals surface area contributed by atoms with Crippen molar-refractivity contribution in [2.45, 2.75) is 98.5 Å². The molecular formula is C34H48N8O5. The first-order valence-electron chi connectivity index (χ1n) is 16.2. The topological polar surface area (TPSA) is 139 Å². The van der Waals surface area contributed by atoms with Gasteiger partial charge in [0.2, 0.25) is 0 Å². The molecule has 4 aromatic heterocycles. The lowest BCUT2D eigenvalue weighted by Crippen LogP contribution is -2.49. The number of aliphatic hydroxyl groups is 1. The summed E-state index contributed by atoms with van der Waals surface area (Å²) in [6, 6.07) is 7.57. The fourth-order valence-corrected chi connectivity index (χ4v) is 5.62. The highest BCUT2D eigenvalue weighted by Crippen LogP contribution is 2.30. The second-order valence-electron chi connectivity index (χ2n) is 14.6. The molecule has 0 spiro atoms. The zero-order valence-electron chi connectivity index (χ0n) is 28.9. The predicted octanol–water partition coefficient (Wildman–Crippen LogP) is 5.78. The van der Waals surface area contributed by atoms with Gasteiger partial charge < -0.3 is 29.2 Å². The van der Waals surface area contributed by atoms with Crippen molar-refractivity contribution in [3.8, 4) is 0 Å². The van der Waals surface area contributed by atoms with Gasteiger partial charge >= 0.3 is 12.2 Å². The largest absolute Gasteiger partial charge is 0.444 e. The first-order valence-corrected chi connectivity index (χ1v) is 16.2. The normalized spacial score (nSPS) is 17.4. The second kappa shape index (κ2) is 13.0. The zero-order valence-corrected chi connectivity index (χ0v) is 28.9. The van der Waals surface area contributed by atoms with Crippen LogP contribution in [0.25, 0.3) is 11.3 Å². The van der Waals surface area contributed by atoms with Crippen molar-refractivity contribution in [2.75, 3.05) is 29.9 Å². The summed E-state index contributed by atoms with van der Waals surface area (Å²) in [6.45, 7) is 18.3. The minimum Gasteiger partial charge on any atom is -0.444 e. The molecule has 1 aliphatic heterocycles. The molecule has 5 heterocycles. The molecular weight excluding hydrogens is 600 g/mol. The number of aryl methyl sites for hydroxylation is 1. The standard InChI is InChI=1S/C34H48N8O5/c1-21(2)24-18-36-42-29(41(32(45)47-34(7,8)9)19-25-22(3)40-14-11-10-12-28(40)37-25)16-27(38-30(24)42)35-17-23-13-15-39(20-26(23)43)31(44)46-33(4,5)6/h10-12,14,16,18,21,23,26,43H,13,15,17,19-20H2,1-9H3,(H,35,38)/t23-,26+/m1/s1. The maximum atomic E-state index is 13.9. The van der Waals surface area contributed by atoms with Crippen molar-refractivity contribution in [2.24, 2.45) is 5.92 Å². The molecule has 0 saturated carbocycles. The van der Waals surface area contributed by atoms with Crippen LogP contribution in [0.15, 0.2) is 36.7 Å². The van der Waals surface area contributed by atoms with E-state index in [4.69, 9.17) is 19.4 Å². The van der Waals surface area contributed by atoms with Gasteiger partial charge in [-0.05, 0) is 72.9 Å². The van der Waals surface area contributed by atoms with E-state index in [0.717, 1.165) is 22.6 Å². The van der Waals surface area contributed by atoms with E-state index < -0.39 is 29.5 Å². The van der Waals surface area contributed by atoms with Crippen LogP contribution in [0.1, 0.15) is 84.7 Å². The minimum atomic E-state index is -0.746. The molecule has 5 rings (SSSR count). The number of β-amino-alcohol motifs (C(OH)–C–C–N with tert-alkyl or cyclic N) is 1. The number of amides is 2. The fraction of sp³-hybridized carbons (Fsp3) is 0.559. The number of piperidine rings is 1. The van der Waals surface area contributed by atoms with Crippen LogP contribution in [0.4, 0.5) is 21.2 Å². The van der Waals surface area contributed by atoms with Crippen molar-refractivity contribution in [3.63, 3.8) is 0 Å². The molecule has 1 aliphatic rings. The van der Waals surface area contributed by atoms with Crippen LogP contribution in [-0.4, -0.2) is 83.1 Å². The number of carbonyl (C=O) groups is 2. The molecule has 13 heteroatoms. The van der Waals surface area contributed by atoms with Gasteiger partial charge in [0.15, 0.2) is 5.65 Å². The van der Waals surface area contributed by atoms with Crippen molar-refractivity contribution >= 4 is 35.1 Å². The number of anilines is 2. The van der Waals surface area contributed by atoms with Gasteiger partial charge in [0.1, 0.15) is 28.5 Å². The average Bonchev–Trinajstić information content (AvgIpc) is 3.54. The van der Waals surface area contributed by atoms with Gasteiger partial charge in [-0.3, -0.25) is 4.90 Å². The summed E-state index contributed by atoms with van der Waals surface area (Å²) in [6.07, 6.45) is 2.59. The number of hydrogen-bond acceptors (Lipinski definition) is 9. The number of rotatable bonds is 7. The molecule has 13 nitrogen and oxygen atoms in total. The van der Waals surface area contributed by atoms with Gasteiger partial charge in [0.25, 0.3) is 0 Å². The van der Waals surface area contributed by atoms with Gasteiger partial charge in [0, 0.05) is 42.5 Å². The average molecular weight is 649 g/mol. The van der Waals surface area contributed by atoms with E-state index in [0.29, 0.717) is 36.8 Å². The summed E-state index contributed by atoms with van der Waals surface area (Å²) < 4.78 is 15.1. The number of imidazole rings is 1. The van der Waals surface area contributed by atoms with E-state index >= 15 is 0 Å². The van der Waals surface area contributed by atoms with E-state index in [1.54, 1.807) is 26.6 Å². The highest BCUT2D eigenvalue weighted by atomic mass is 16.6. The summed E-state index contributed by atoms with van der Waals surface area (Å²) >= 11 is 0. The van der Waals surface area contributed by atoms with Crippen molar-refractivity contribution < 1.29 is 24.2 Å². The lowest BCUT2D eigenvalue weighted by atomic mass is 9.94. The quantitative estimate of drug-likeness (QED) is 0.255. The summed E-state index contributed by atoms with van der Waals surface area (Å²) in [5.74, 6) is 0.984. The fourth-order valence-electron chi connectivity index (χ4n) is 5.62. The third kappa shape index (κ3) is 7.78. The predicted molar refractivity (Wildman–Crippen MR) is 180 cm³/mol. The molecule has 0 bridgehead atoms. The van der Waals surface area contributed by atoms with Gasteiger partial charge in [-0.2, -0.15) is 9.61 Å². The molecule has 2 N–H and O–H groups in total. The minimum absolute atomic E-state index is 0.123. The smallest absolute Gasteiger partial charge is 0.416 e. The molecule has 1 fully saturated rings. The third-order valence-corrected chi connectivity index (χ3v) is 8.09. The Kier molecular flexibility index (Phi) is 9.40. The number of carbonyl (C=O) groups excluding carboxylic acids is 2. The molecule has 254 valence electrons. The zero-order chi connectivity index (χ0) is 34.3. The van der Waals surface area contributed by atoms with E-state index in [1.807, 2.05) is 77.3 Å². The molecule has 0 radical (unpaired) electrons. The van der Waals surface area contributed by atoms with Crippen LogP contribution in [0.5, 0.6) is 0 Å². The SMILES string of the molecule is Cc1c(CN(C(=O)OC(C)(C)C)c2cc(NC[C@H]3CCN(C(=O)OC(C)(C)C)C[C@@H]3O)nc3c(C(C)C)cnn23)nc2ccccn12. The summed E-state index contributed by atoms with van der Waals surface area (Å²) in [5, 5.41) is 19.1. The number of ether oxygens (including phenoxy) is 2. The number of nitrogens with one attached hydrogen (secondary N) is 1. The van der Waals surface area contributed by atoms with Gasteiger partial charge in [0.05, 0.1) is 31.1 Å². The monoisotopic (exact) mass is 648 g/mol. The van der Waals surface area contributed by atoms with Crippen molar-refractivity contribution in [1.29, 1.82) is 0 Å². The second-order valence-corrected chi connectivity index (χ2v) is 14.6. The van der Waals surface area contributed by atoms with Crippen LogP contribution >= 0.6 is 0 Å². The Balaban J connectivity index is 1.47. The molecule has 1 saturated heterocycles. The molecule has 0 unspecified atom stereocenters. The number of aliphatic hydroxyl groups excluding tert-OH is 1. The number of pyridine rings is 1. The molecule has 2 amide bonds. The van der Waals surface area contributed by atoms with Crippen LogP contribution in [0.3, 0.4) is 0 Å². The molecule has 2 atom stereocenters. The molecule has 4 aromatic rings. The Hall–Kier alpha value is -4.39. The number of nitrogens with zero attached hydrogens (tertiary/aromatic N) is 7. The summed E-state index contributed by atoms with van der Waals surface area (Å²) in [7, 11) is 0.